The van der Waals surface area contributed by atoms with Gasteiger partial charge in [0.05, 0.1) is 0 Å². The number of fused-ring (bicyclic) bond motifs is 1. The Hall–Kier alpha value is -1.09. The summed E-state index contributed by atoms with van der Waals surface area (Å²) in [6.45, 7) is 4.23. The summed E-state index contributed by atoms with van der Waals surface area (Å²) in [7, 11) is 0. The molecule has 3 heteroatoms. The van der Waals surface area contributed by atoms with Crippen molar-refractivity contribution in [3.8, 4) is 0 Å². The highest BCUT2D eigenvalue weighted by Crippen LogP contribution is 2.28. The molecule has 0 fully saturated rings. The molecular formula is C14H16BrNO. The van der Waals surface area contributed by atoms with Gasteiger partial charge in [-0.15, -0.1) is 0 Å². The summed E-state index contributed by atoms with van der Waals surface area (Å²) in [6.07, 6.45) is 3.47. The Labute approximate surface area is 110 Å². The highest BCUT2D eigenvalue weighted by Gasteiger charge is 2.15. The molecular weight excluding hydrogens is 278 g/mol. The third kappa shape index (κ3) is 2.44. The number of H-pyrrole nitrogens is 1. The molecule has 0 amide bonds. The molecule has 1 heterocycles. The van der Waals surface area contributed by atoms with E-state index < -0.39 is 0 Å². The summed E-state index contributed by atoms with van der Waals surface area (Å²) >= 11 is 3.51. The molecule has 0 saturated carbocycles. The second-order valence-corrected chi connectivity index (χ2v) is 5.36. The minimum atomic E-state index is 0.220. The Morgan fingerprint density at radius 3 is 2.94 bits per heavy atom. The Morgan fingerprint density at radius 1 is 1.47 bits per heavy atom. The zero-order chi connectivity index (χ0) is 12.4. The number of aromatic nitrogens is 1. The van der Waals surface area contributed by atoms with E-state index in [-0.39, 0.29) is 5.78 Å². The molecule has 90 valence electrons. The molecule has 0 spiro atoms. The van der Waals surface area contributed by atoms with Gasteiger partial charge in [-0.1, -0.05) is 42.3 Å². The van der Waals surface area contributed by atoms with Crippen LogP contribution in [0, 0.1) is 5.92 Å². The van der Waals surface area contributed by atoms with Crippen molar-refractivity contribution in [3.63, 3.8) is 0 Å². The molecule has 1 aromatic carbocycles. The van der Waals surface area contributed by atoms with Crippen molar-refractivity contribution in [1.29, 1.82) is 0 Å². The fraction of sp³-hybridized carbons (Fsp3) is 0.357. The first-order valence-electron chi connectivity index (χ1n) is 5.92. The number of hydrogen-bond donors (Lipinski definition) is 1. The number of benzene rings is 1. The minimum absolute atomic E-state index is 0.220. The van der Waals surface area contributed by atoms with E-state index >= 15 is 0 Å². The smallest absolute Gasteiger partial charge is 0.165 e. The average Bonchev–Trinajstić information content (AvgIpc) is 2.74. The molecule has 2 rings (SSSR count). The standard InChI is InChI=1S/C14H16BrNO/c1-3-9(2)7-13(17)10-8-16-12-6-4-5-11(15)14(10)12/h4-6,8-9,16H,3,7H2,1-2H3. The maximum absolute atomic E-state index is 12.2. The first kappa shape index (κ1) is 12.4. The van der Waals surface area contributed by atoms with Crippen LogP contribution in [0.3, 0.4) is 0 Å². The van der Waals surface area contributed by atoms with Crippen molar-refractivity contribution in [2.24, 2.45) is 5.92 Å². The first-order chi connectivity index (χ1) is 8.13. The summed E-state index contributed by atoms with van der Waals surface area (Å²) < 4.78 is 0.976. The van der Waals surface area contributed by atoms with Crippen LogP contribution in [-0.4, -0.2) is 10.8 Å². The van der Waals surface area contributed by atoms with E-state index in [0.29, 0.717) is 12.3 Å². The largest absolute Gasteiger partial charge is 0.360 e. The van der Waals surface area contributed by atoms with Crippen molar-refractivity contribution in [2.75, 3.05) is 0 Å². The maximum atomic E-state index is 12.2. The number of carbonyl (C=O) groups is 1. The van der Waals surface area contributed by atoms with Gasteiger partial charge in [0.2, 0.25) is 0 Å². The molecule has 2 nitrogen and oxygen atoms in total. The maximum Gasteiger partial charge on any atom is 0.165 e. The normalized spacial score (nSPS) is 12.9. The second-order valence-electron chi connectivity index (χ2n) is 4.51. The Kier molecular flexibility index (Phi) is 3.67. The van der Waals surface area contributed by atoms with Crippen LogP contribution in [0.1, 0.15) is 37.0 Å². The molecule has 2 aromatic rings. The molecule has 0 saturated heterocycles. The highest BCUT2D eigenvalue weighted by atomic mass is 79.9. The topological polar surface area (TPSA) is 32.9 Å². The summed E-state index contributed by atoms with van der Waals surface area (Å²) in [6, 6.07) is 5.92. The Balaban J connectivity index is 2.39. The van der Waals surface area contributed by atoms with E-state index in [0.717, 1.165) is 27.4 Å². The second kappa shape index (κ2) is 5.05. The predicted octanol–water partition coefficient (Wildman–Crippen LogP) is 4.55. The first-order valence-corrected chi connectivity index (χ1v) is 6.71. The molecule has 1 aromatic heterocycles. The quantitative estimate of drug-likeness (QED) is 0.824. The van der Waals surface area contributed by atoms with Crippen LogP contribution in [0.5, 0.6) is 0 Å². The van der Waals surface area contributed by atoms with Gasteiger partial charge >= 0.3 is 0 Å². The van der Waals surface area contributed by atoms with Crippen LogP contribution in [0.2, 0.25) is 0 Å². The predicted molar refractivity (Wildman–Crippen MR) is 74.4 cm³/mol. The number of carbonyl (C=O) groups excluding carboxylic acids is 1. The van der Waals surface area contributed by atoms with Crippen LogP contribution in [-0.2, 0) is 0 Å². The lowest BCUT2D eigenvalue weighted by Crippen LogP contribution is -2.04. The van der Waals surface area contributed by atoms with Crippen molar-refractivity contribution in [1.82, 2.24) is 4.98 Å². The Bertz CT molecular complexity index is 544. The fourth-order valence-corrected chi connectivity index (χ4v) is 2.51. The molecule has 1 unspecified atom stereocenters. The molecule has 0 radical (unpaired) electrons. The van der Waals surface area contributed by atoms with Gasteiger partial charge in [0.15, 0.2) is 5.78 Å². The number of hydrogen-bond acceptors (Lipinski definition) is 1. The van der Waals surface area contributed by atoms with Crippen LogP contribution >= 0.6 is 15.9 Å². The van der Waals surface area contributed by atoms with Gasteiger partial charge in [-0.25, -0.2) is 0 Å². The van der Waals surface area contributed by atoms with E-state index in [4.69, 9.17) is 0 Å². The van der Waals surface area contributed by atoms with E-state index in [2.05, 4.69) is 34.8 Å². The van der Waals surface area contributed by atoms with E-state index in [1.165, 1.54) is 0 Å². The summed E-state index contributed by atoms with van der Waals surface area (Å²) in [4.78, 5) is 15.4. The number of ketones is 1. The van der Waals surface area contributed by atoms with Gasteiger partial charge in [0, 0.05) is 33.6 Å². The van der Waals surface area contributed by atoms with Crippen molar-refractivity contribution in [3.05, 3.63) is 34.4 Å². The molecule has 17 heavy (non-hydrogen) atoms. The van der Waals surface area contributed by atoms with Crippen molar-refractivity contribution in [2.45, 2.75) is 26.7 Å². The van der Waals surface area contributed by atoms with Gasteiger partial charge in [0.25, 0.3) is 0 Å². The SMILES string of the molecule is CCC(C)CC(=O)c1c[nH]c2cccc(Br)c12. The third-order valence-electron chi connectivity index (χ3n) is 3.19. The lowest BCUT2D eigenvalue weighted by molar-refractivity contribution is 0.0965. The Morgan fingerprint density at radius 2 is 2.24 bits per heavy atom. The van der Waals surface area contributed by atoms with Crippen LogP contribution in [0.4, 0.5) is 0 Å². The van der Waals surface area contributed by atoms with Gasteiger partial charge in [0.1, 0.15) is 0 Å². The van der Waals surface area contributed by atoms with Crippen LogP contribution in [0.15, 0.2) is 28.9 Å². The van der Waals surface area contributed by atoms with Crippen molar-refractivity contribution < 1.29 is 4.79 Å². The number of Topliss-reactive ketones (excluding diaryl/α,β-unsaturated/α-hetero) is 1. The van der Waals surface area contributed by atoms with Crippen LogP contribution in [0.25, 0.3) is 10.9 Å². The molecule has 0 aliphatic carbocycles. The van der Waals surface area contributed by atoms with Gasteiger partial charge in [-0.05, 0) is 18.1 Å². The third-order valence-corrected chi connectivity index (χ3v) is 3.85. The lowest BCUT2D eigenvalue weighted by atomic mass is 9.97. The van der Waals surface area contributed by atoms with Gasteiger partial charge in [-0.2, -0.15) is 0 Å². The minimum Gasteiger partial charge on any atom is -0.360 e. The molecule has 0 bridgehead atoms. The average molecular weight is 294 g/mol. The van der Waals surface area contributed by atoms with E-state index in [9.17, 15) is 4.79 Å². The summed E-state index contributed by atoms with van der Waals surface area (Å²) in [5.41, 5.74) is 1.81. The molecule has 1 N–H and O–H groups in total. The number of aromatic amines is 1. The van der Waals surface area contributed by atoms with E-state index in [1.54, 1.807) is 0 Å². The monoisotopic (exact) mass is 293 g/mol. The lowest BCUT2D eigenvalue weighted by Gasteiger charge is -2.06. The number of rotatable bonds is 4. The number of halogens is 1. The number of nitrogens with one attached hydrogen (secondary N) is 1. The van der Waals surface area contributed by atoms with Crippen LogP contribution < -0.4 is 0 Å². The summed E-state index contributed by atoms with van der Waals surface area (Å²) in [5, 5.41) is 1.00. The summed E-state index contributed by atoms with van der Waals surface area (Å²) in [5.74, 6) is 0.660. The zero-order valence-corrected chi connectivity index (χ0v) is 11.7. The van der Waals surface area contributed by atoms with Crippen molar-refractivity contribution >= 4 is 32.6 Å². The fourth-order valence-electron chi connectivity index (χ4n) is 1.93. The van der Waals surface area contributed by atoms with E-state index in [1.807, 2.05) is 24.4 Å². The molecule has 1 atom stereocenters. The highest BCUT2D eigenvalue weighted by molar-refractivity contribution is 9.10. The zero-order valence-electron chi connectivity index (χ0n) is 10.1. The van der Waals surface area contributed by atoms with Gasteiger partial charge in [-0.3, -0.25) is 4.79 Å². The molecule has 0 aliphatic heterocycles. The molecule has 0 aliphatic rings. The van der Waals surface area contributed by atoms with Gasteiger partial charge < -0.3 is 4.98 Å².